The second-order valence-electron chi connectivity index (χ2n) is 6.43. The van der Waals surface area contributed by atoms with Gasteiger partial charge in [0, 0.05) is 13.2 Å². The monoisotopic (exact) mass is 283 g/mol. The predicted octanol–water partition coefficient (Wildman–Crippen LogP) is 2.79. The summed E-state index contributed by atoms with van der Waals surface area (Å²) in [5.74, 6) is 0.796. The van der Waals surface area contributed by atoms with Crippen molar-refractivity contribution in [1.82, 2.24) is 15.1 Å². The normalized spacial score (nSPS) is 15.4. The number of nitrogens with zero attached hydrogens (tertiary/aromatic N) is 2. The molecule has 2 unspecified atom stereocenters. The molecule has 1 aromatic heterocycles. The summed E-state index contributed by atoms with van der Waals surface area (Å²) in [5, 5.41) is 7.82. The lowest BCUT2D eigenvalue weighted by atomic mass is 9.83. The summed E-state index contributed by atoms with van der Waals surface area (Å²) in [5.41, 5.74) is 1.03. The second-order valence-corrected chi connectivity index (χ2v) is 6.43. The third kappa shape index (κ3) is 3.33. The standard InChI is InChI=1S/C15H29N3O2/c1-10(2)18-13(11(19-7)9-17-18)12(16-6)14(20-8)15(3,4)5/h9-10,12,14,16H,1-8H3. The largest absolute Gasteiger partial charge is 0.493 e. The molecule has 0 aliphatic rings. The van der Waals surface area contributed by atoms with E-state index in [9.17, 15) is 0 Å². The van der Waals surface area contributed by atoms with Crippen LogP contribution in [0.4, 0.5) is 0 Å². The minimum Gasteiger partial charge on any atom is -0.493 e. The lowest BCUT2D eigenvalue weighted by Crippen LogP contribution is -2.41. The number of methoxy groups -OCH3 is 2. The summed E-state index contributed by atoms with van der Waals surface area (Å²) in [7, 11) is 5.37. The molecular weight excluding hydrogens is 254 g/mol. The van der Waals surface area contributed by atoms with Crippen LogP contribution in [0.3, 0.4) is 0 Å². The van der Waals surface area contributed by atoms with Gasteiger partial charge in [0.1, 0.15) is 5.69 Å². The Hall–Kier alpha value is -1.07. The number of hydrogen-bond acceptors (Lipinski definition) is 4. The first kappa shape index (κ1) is 17.0. The molecule has 0 saturated carbocycles. The Kier molecular flexibility index (Phi) is 5.59. The summed E-state index contributed by atoms with van der Waals surface area (Å²) < 4.78 is 13.3. The van der Waals surface area contributed by atoms with E-state index >= 15 is 0 Å². The molecule has 0 radical (unpaired) electrons. The highest BCUT2D eigenvalue weighted by molar-refractivity contribution is 5.30. The van der Waals surface area contributed by atoms with Gasteiger partial charge in [-0.2, -0.15) is 5.10 Å². The minimum absolute atomic E-state index is 0.000479. The van der Waals surface area contributed by atoms with Crippen molar-refractivity contribution in [2.45, 2.75) is 52.8 Å². The Labute approximate surface area is 122 Å². The Morgan fingerprint density at radius 1 is 1.25 bits per heavy atom. The van der Waals surface area contributed by atoms with E-state index in [1.807, 2.05) is 11.7 Å². The zero-order valence-electron chi connectivity index (χ0n) is 14.0. The van der Waals surface area contributed by atoms with E-state index in [4.69, 9.17) is 9.47 Å². The molecule has 0 fully saturated rings. The van der Waals surface area contributed by atoms with Gasteiger partial charge in [-0.1, -0.05) is 20.8 Å². The molecule has 1 rings (SSSR count). The zero-order chi connectivity index (χ0) is 15.5. The number of hydrogen-bond donors (Lipinski definition) is 1. The molecule has 0 aromatic carbocycles. The van der Waals surface area contributed by atoms with E-state index in [1.165, 1.54) is 0 Å². The van der Waals surface area contributed by atoms with Crippen molar-refractivity contribution in [3.05, 3.63) is 11.9 Å². The van der Waals surface area contributed by atoms with E-state index in [0.717, 1.165) is 11.4 Å². The molecule has 0 spiro atoms. The van der Waals surface area contributed by atoms with Crippen LogP contribution in [0.2, 0.25) is 0 Å². The molecular formula is C15H29N3O2. The number of ether oxygens (including phenoxy) is 2. The van der Waals surface area contributed by atoms with E-state index < -0.39 is 0 Å². The molecule has 1 N–H and O–H groups in total. The van der Waals surface area contributed by atoms with Crippen LogP contribution in [0, 0.1) is 5.41 Å². The van der Waals surface area contributed by atoms with Crippen molar-refractivity contribution in [1.29, 1.82) is 0 Å². The van der Waals surface area contributed by atoms with Crippen molar-refractivity contribution in [3.8, 4) is 5.75 Å². The molecule has 2 atom stereocenters. The van der Waals surface area contributed by atoms with Gasteiger partial charge in [-0.25, -0.2) is 0 Å². The lowest BCUT2D eigenvalue weighted by molar-refractivity contribution is -0.0129. The van der Waals surface area contributed by atoms with Gasteiger partial charge in [0.15, 0.2) is 5.75 Å². The highest BCUT2D eigenvalue weighted by Crippen LogP contribution is 2.37. The maximum absolute atomic E-state index is 5.77. The van der Waals surface area contributed by atoms with Crippen LogP contribution >= 0.6 is 0 Å². The lowest BCUT2D eigenvalue weighted by Gasteiger charge is -2.36. The summed E-state index contributed by atoms with van der Waals surface area (Å²) >= 11 is 0. The topological polar surface area (TPSA) is 48.3 Å². The maximum Gasteiger partial charge on any atom is 0.161 e. The quantitative estimate of drug-likeness (QED) is 0.872. The van der Waals surface area contributed by atoms with Crippen LogP contribution in [-0.2, 0) is 4.74 Å². The van der Waals surface area contributed by atoms with Crippen molar-refractivity contribution in [3.63, 3.8) is 0 Å². The first-order valence-electron chi connectivity index (χ1n) is 7.09. The first-order valence-corrected chi connectivity index (χ1v) is 7.09. The van der Waals surface area contributed by atoms with Crippen LogP contribution in [-0.4, -0.2) is 37.2 Å². The highest BCUT2D eigenvalue weighted by atomic mass is 16.5. The molecule has 0 aliphatic heterocycles. The molecule has 0 amide bonds. The van der Waals surface area contributed by atoms with E-state index in [-0.39, 0.29) is 23.6 Å². The summed E-state index contributed by atoms with van der Waals surface area (Å²) in [6.07, 6.45) is 1.78. The van der Waals surface area contributed by atoms with Crippen LogP contribution in [0.1, 0.15) is 52.4 Å². The van der Waals surface area contributed by atoms with Gasteiger partial charge >= 0.3 is 0 Å². The fraction of sp³-hybridized carbons (Fsp3) is 0.800. The molecule has 1 heterocycles. The van der Waals surface area contributed by atoms with E-state index in [1.54, 1.807) is 20.4 Å². The minimum atomic E-state index is -0.000479. The molecule has 0 saturated heterocycles. The van der Waals surface area contributed by atoms with Crippen molar-refractivity contribution in [2.24, 2.45) is 5.41 Å². The van der Waals surface area contributed by atoms with Crippen LogP contribution < -0.4 is 10.1 Å². The van der Waals surface area contributed by atoms with Gasteiger partial charge in [0.05, 0.1) is 25.5 Å². The van der Waals surface area contributed by atoms with Gasteiger partial charge in [-0.05, 0) is 26.3 Å². The summed E-state index contributed by atoms with van der Waals surface area (Å²) in [6.45, 7) is 10.7. The average Bonchev–Trinajstić information content (AvgIpc) is 2.77. The van der Waals surface area contributed by atoms with Crippen LogP contribution in [0.25, 0.3) is 0 Å². The summed E-state index contributed by atoms with van der Waals surface area (Å²) in [4.78, 5) is 0. The fourth-order valence-electron chi connectivity index (χ4n) is 2.64. The zero-order valence-corrected chi connectivity index (χ0v) is 14.0. The highest BCUT2D eigenvalue weighted by Gasteiger charge is 2.36. The van der Waals surface area contributed by atoms with Crippen molar-refractivity contribution >= 4 is 0 Å². The molecule has 20 heavy (non-hydrogen) atoms. The molecule has 0 aliphatic carbocycles. The maximum atomic E-state index is 5.77. The Morgan fingerprint density at radius 3 is 2.20 bits per heavy atom. The number of aromatic nitrogens is 2. The van der Waals surface area contributed by atoms with Gasteiger partial charge in [-0.15, -0.1) is 0 Å². The Bertz CT molecular complexity index is 421. The van der Waals surface area contributed by atoms with Gasteiger partial charge in [0.25, 0.3) is 0 Å². The molecule has 0 bridgehead atoms. The van der Waals surface area contributed by atoms with Gasteiger partial charge in [-0.3, -0.25) is 4.68 Å². The van der Waals surface area contributed by atoms with E-state index in [0.29, 0.717) is 0 Å². The van der Waals surface area contributed by atoms with Crippen LogP contribution in [0.15, 0.2) is 6.20 Å². The third-order valence-electron chi connectivity index (χ3n) is 3.52. The first-order chi connectivity index (χ1) is 9.27. The molecule has 5 nitrogen and oxygen atoms in total. The SMILES string of the molecule is CNC(c1c(OC)cnn1C(C)C)C(OC)C(C)(C)C. The van der Waals surface area contributed by atoms with Gasteiger partial charge in [0.2, 0.25) is 0 Å². The average molecular weight is 283 g/mol. The third-order valence-corrected chi connectivity index (χ3v) is 3.52. The number of likely N-dealkylation sites (N-methyl/N-ethyl adjacent to an activating group) is 1. The molecule has 5 heteroatoms. The Balaban J connectivity index is 3.33. The second kappa shape index (κ2) is 6.59. The molecule has 1 aromatic rings. The van der Waals surface area contributed by atoms with E-state index in [2.05, 4.69) is 45.0 Å². The number of rotatable bonds is 6. The van der Waals surface area contributed by atoms with Gasteiger partial charge < -0.3 is 14.8 Å². The molecule has 116 valence electrons. The fourth-order valence-corrected chi connectivity index (χ4v) is 2.64. The summed E-state index contributed by atoms with van der Waals surface area (Å²) in [6, 6.07) is 0.280. The van der Waals surface area contributed by atoms with Crippen molar-refractivity contribution in [2.75, 3.05) is 21.3 Å². The van der Waals surface area contributed by atoms with Crippen molar-refractivity contribution < 1.29 is 9.47 Å². The Morgan fingerprint density at radius 2 is 1.85 bits per heavy atom. The predicted molar refractivity (Wildman–Crippen MR) is 81.2 cm³/mol. The van der Waals surface area contributed by atoms with Crippen LogP contribution in [0.5, 0.6) is 5.75 Å². The number of nitrogens with one attached hydrogen (secondary N) is 1. The smallest absolute Gasteiger partial charge is 0.161 e.